The third-order valence-electron chi connectivity index (χ3n) is 4.20. The van der Waals surface area contributed by atoms with Crippen LogP contribution in [0.15, 0.2) is 23.0 Å². The second kappa shape index (κ2) is 7.61. The minimum absolute atomic E-state index is 0.125. The van der Waals surface area contributed by atoms with Gasteiger partial charge < -0.3 is 14.8 Å². The van der Waals surface area contributed by atoms with Crippen molar-refractivity contribution in [3.8, 4) is 17.1 Å². The van der Waals surface area contributed by atoms with E-state index in [0.717, 1.165) is 12.1 Å². The van der Waals surface area contributed by atoms with Gasteiger partial charge in [0.25, 0.3) is 5.56 Å². The van der Waals surface area contributed by atoms with Gasteiger partial charge in [-0.15, -0.1) is 0 Å². The zero-order valence-corrected chi connectivity index (χ0v) is 15.6. The number of aliphatic carboxylic acids is 1. The molecule has 2 N–H and O–H groups in total. The summed E-state index contributed by atoms with van der Waals surface area (Å²) in [4.78, 5) is 31.1. The molecule has 0 spiro atoms. The number of aromatic nitrogens is 4. The van der Waals surface area contributed by atoms with Crippen LogP contribution in [-0.2, 0) is 24.7 Å². The molecule has 142 valence electrons. The predicted molar refractivity (Wildman–Crippen MR) is 101 cm³/mol. The molecule has 3 rings (SSSR count). The van der Waals surface area contributed by atoms with Crippen LogP contribution in [0.3, 0.4) is 0 Å². The first kappa shape index (κ1) is 18.6. The van der Waals surface area contributed by atoms with Crippen LogP contribution in [0.25, 0.3) is 22.4 Å². The van der Waals surface area contributed by atoms with Gasteiger partial charge in [0.15, 0.2) is 5.52 Å². The summed E-state index contributed by atoms with van der Waals surface area (Å²) in [6, 6.07) is 5.10. The lowest BCUT2D eigenvalue weighted by molar-refractivity contribution is -0.136. The minimum Gasteiger partial charge on any atom is -0.493 e. The van der Waals surface area contributed by atoms with Crippen molar-refractivity contribution in [1.29, 1.82) is 0 Å². The highest BCUT2D eigenvalue weighted by molar-refractivity contribution is 5.80. The number of nitrogens with one attached hydrogen (secondary N) is 1. The van der Waals surface area contributed by atoms with Crippen molar-refractivity contribution in [2.24, 2.45) is 7.05 Å². The number of carbonyl (C=O) groups is 1. The van der Waals surface area contributed by atoms with Crippen molar-refractivity contribution in [2.45, 2.75) is 33.1 Å². The Labute approximate surface area is 155 Å². The van der Waals surface area contributed by atoms with Gasteiger partial charge in [0.2, 0.25) is 0 Å². The molecule has 0 atom stereocenters. The van der Waals surface area contributed by atoms with E-state index in [-0.39, 0.29) is 12.0 Å². The van der Waals surface area contributed by atoms with Gasteiger partial charge in [0.05, 0.1) is 24.3 Å². The van der Waals surface area contributed by atoms with Crippen LogP contribution < -0.4 is 10.3 Å². The SMILES string of the molecule is CCCc1nn(C)c2c(=O)[nH]c(-c3cc(CC(=O)O)ccc3OCC)nc12. The highest BCUT2D eigenvalue weighted by atomic mass is 16.5. The lowest BCUT2D eigenvalue weighted by Gasteiger charge is -2.11. The Balaban J connectivity index is 2.22. The maximum atomic E-state index is 12.7. The van der Waals surface area contributed by atoms with Crippen molar-refractivity contribution in [1.82, 2.24) is 19.7 Å². The second-order valence-corrected chi connectivity index (χ2v) is 6.27. The average molecular weight is 370 g/mol. The zero-order valence-electron chi connectivity index (χ0n) is 15.6. The second-order valence-electron chi connectivity index (χ2n) is 6.27. The van der Waals surface area contributed by atoms with E-state index in [1.807, 2.05) is 13.8 Å². The fourth-order valence-corrected chi connectivity index (χ4v) is 3.11. The zero-order chi connectivity index (χ0) is 19.6. The highest BCUT2D eigenvalue weighted by Gasteiger charge is 2.18. The molecule has 0 saturated heterocycles. The number of aromatic amines is 1. The Morgan fingerprint density at radius 3 is 2.78 bits per heavy atom. The number of nitrogens with zero attached hydrogens (tertiary/aromatic N) is 3. The van der Waals surface area contributed by atoms with Crippen LogP contribution in [0, 0.1) is 0 Å². The lowest BCUT2D eigenvalue weighted by Crippen LogP contribution is -2.13. The maximum absolute atomic E-state index is 12.7. The van der Waals surface area contributed by atoms with E-state index in [9.17, 15) is 9.59 Å². The highest BCUT2D eigenvalue weighted by Crippen LogP contribution is 2.30. The Kier molecular flexibility index (Phi) is 5.25. The molecule has 0 amide bonds. The van der Waals surface area contributed by atoms with Gasteiger partial charge >= 0.3 is 5.97 Å². The fourth-order valence-electron chi connectivity index (χ4n) is 3.11. The molecule has 8 nitrogen and oxygen atoms in total. The van der Waals surface area contributed by atoms with E-state index >= 15 is 0 Å². The van der Waals surface area contributed by atoms with Crippen molar-refractivity contribution in [3.05, 3.63) is 39.8 Å². The van der Waals surface area contributed by atoms with Crippen molar-refractivity contribution >= 4 is 17.0 Å². The molecule has 2 aromatic heterocycles. The molecule has 0 bridgehead atoms. The quantitative estimate of drug-likeness (QED) is 0.660. The van der Waals surface area contributed by atoms with Crippen LogP contribution in [0.1, 0.15) is 31.5 Å². The third-order valence-corrected chi connectivity index (χ3v) is 4.20. The molecular formula is C19H22N4O4. The Morgan fingerprint density at radius 2 is 2.11 bits per heavy atom. The molecule has 3 aromatic rings. The van der Waals surface area contributed by atoms with Gasteiger partial charge in [-0.1, -0.05) is 19.4 Å². The first-order valence-corrected chi connectivity index (χ1v) is 8.88. The average Bonchev–Trinajstić information content (AvgIpc) is 2.92. The molecule has 0 aliphatic carbocycles. The monoisotopic (exact) mass is 370 g/mol. The molecule has 0 aliphatic rings. The van der Waals surface area contributed by atoms with Gasteiger partial charge in [0, 0.05) is 7.05 Å². The van der Waals surface area contributed by atoms with E-state index in [2.05, 4.69) is 15.1 Å². The molecule has 8 heteroatoms. The standard InChI is InChI=1S/C19H22N4O4/c1-4-6-13-16-17(23(3)22-13)19(26)21-18(20-16)12-9-11(10-15(24)25)7-8-14(12)27-5-2/h7-9H,4-6,10H2,1-3H3,(H,24,25)(H,20,21,26). The van der Waals surface area contributed by atoms with E-state index in [1.54, 1.807) is 29.9 Å². The van der Waals surface area contributed by atoms with Gasteiger partial charge in [0.1, 0.15) is 17.1 Å². The normalized spacial score (nSPS) is 11.1. The molecule has 1 aromatic carbocycles. The Morgan fingerprint density at radius 1 is 1.33 bits per heavy atom. The van der Waals surface area contributed by atoms with Crippen LogP contribution in [0.4, 0.5) is 0 Å². The summed E-state index contributed by atoms with van der Waals surface area (Å²) in [5, 5.41) is 13.5. The van der Waals surface area contributed by atoms with Gasteiger partial charge in [-0.3, -0.25) is 14.3 Å². The summed E-state index contributed by atoms with van der Waals surface area (Å²) < 4.78 is 7.20. The summed E-state index contributed by atoms with van der Waals surface area (Å²) in [6.45, 7) is 4.33. The first-order valence-electron chi connectivity index (χ1n) is 8.88. The molecule has 0 aliphatic heterocycles. The largest absolute Gasteiger partial charge is 0.493 e. The van der Waals surface area contributed by atoms with Gasteiger partial charge in [-0.2, -0.15) is 5.10 Å². The summed E-state index contributed by atoms with van der Waals surface area (Å²) in [5.41, 5.74) is 2.61. The fraction of sp³-hybridized carbons (Fsp3) is 0.368. The summed E-state index contributed by atoms with van der Waals surface area (Å²) >= 11 is 0. The number of carboxylic acid groups (broad SMARTS) is 1. The van der Waals surface area contributed by atoms with Crippen molar-refractivity contribution < 1.29 is 14.6 Å². The number of ether oxygens (including phenoxy) is 1. The maximum Gasteiger partial charge on any atom is 0.307 e. The molecule has 0 radical (unpaired) electrons. The number of hydrogen-bond donors (Lipinski definition) is 2. The molecule has 2 heterocycles. The number of aryl methyl sites for hydroxylation is 2. The smallest absolute Gasteiger partial charge is 0.307 e. The van der Waals surface area contributed by atoms with E-state index in [4.69, 9.17) is 9.84 Å². The summed E-state index contributed by atoms with van der Waals surface area (Å²) in [5.74, 6) is -0.0527. The predicted octanol–water partition coefficient (Wildman–Crippen LogP) is 2.30. The molecule has 0 saturated carbocycles. The van der Waals surface area contributed by atoms with E-state index in [1.165, 1.54) is 0 Å². The van der Waals surface area contributed by atoms with Gasteiger partial charge in [-0.05, 0) is 31.0 Å². The summed E-state index contributed by atoms with van der Waals surface area (Å²) in [7, 11) is 1.72. The number of fused-ring (bicyclic) bond motifs is 1. The van der Waals surface area contributed by atoms with Crippen LogP contribution in [0.5, 0.6) is 5.75 Å². The number of carboxylic acids is 1. The van der Waals surface area contributed by atoms with E-state index in [0.29, 0.717) is 46.8 Å². The van der Waals surface area contributed by atoms with Crippen molar-refractivity contribution in [2.75, 3.05) is 6.61 Å². The first-order chi connectivity index (χ1) is 12.9. The topological polar surface area (TPSA) is 110 Å². The van der Waals surface area contributed by atoms with Crippen LogP contribution in [-0.4, -0.2) is 37.4 Å². The molecule has 0 fully saturated rings. The number of benzene rings is 1. The third kappa shape index (κ3) is 3.69. The molecule has 0 unspecified atom stereocenters. The minimum atomic E-state index is -0.931. The molecular weight excluding hydrogens is 348 g/mol. The number of rotatable bonds is 7. The number of H-pyrrole nitrogens is 1. The summed E-state index contributed by atoms with van der Waals surface area (Å²) in [6.07, 6.45) is 1.47. The number of hydrogen-bond acceptors (Lipinski definition) is 5. The van der Waals surface area contributed by atoms with E-state index < -0.39 is 5.97 Å². The van der Waals surface area contributed by atoms with Crippen molar-refractivity contribution in [3.63, 3.8) is 0 Å². The Bertz CT molecular complexity index is 1050. The van der Waals surface area contributed by atoms with Gasteiger partial charge in [-0.25, -0.2) is 4.98 Å². The van der Waals surface area contributed by atoms with Crippen LogP contribution >= 0.6 is 0 Å². The lowest BCUT2D eigenvalue weighted by atomic mass is 10.1. The molecule has 27 heavy (non-hydrogen) atoms. The van der Waals surface area contributed by atoms with Crippen LogP contribution in [0.2, 0.25) is 0 Å². The Hall–Kier alpha value is -3.16.